The largest absolute Gasteiger partial charge is 0.319 e. The number of anilines is 1. The quantitative estimate of drug-likeness (QED) is 0.864. The summed E-state index contributed by atoms with van der Waals surface area (Å²) in [5.74, 6) is -2.02. The van der Waals surface area contributed by atoms with Gasteiger partial charge < -0.3 is 5.32 Å². The molecule has 0 spiro atoms. The first kappa shape index (κ1) is 12.6. The van der Waals surface area contributed by atoms with Crippen molar-refractivity contribution in [1.82, 2.24) is 4.98 Å². The zero-order chi connectivity index (χ0) is 13.1. The number of halogens is 3. The Hall–Kier alpha value is -1.82. The fourth-order valence-corrected chi connectivity index (χ4v) is 1.69. The third kappa shape index (κ3) is 2.89. The Morgan fingerprint density at radius 2 is 2.00 bits per heavy atom. The molecule has 0 saturated carbocycles. The van der Waals surface area contributed by atoms with Gasteiger partial charge in [-0.25, -0.2) is 13.8 Å². The molecule has 1 heterocycles. The molecule has 0 aliphatic rings. The molecule has 92 valence electrons. The van der Waals surface area contributed by atoms with Crippen LogP contribution in [0.4, 0.5) is 14.5 Å². The Morgan fingerprint density at radius 3 is 2.67 bits per heavy atom. The SMILES string of the molecule is O=C(Nc1ccc(F)cc1F)c1ccnc(Br)c1. The number of nitrogens with one attached hydrogen (secondary N) is 1. The second-order valence-corrected chi connectivity index (χ2v) is 4.26. The average Bonchev–Trinajstić information content (AvgIpc) is 2.32. The Kier molecular flexibility index (Phi) is 3.66. The topological polar surface area (TPSA) is 42.0 Å². The molecule has 6 heteroatoms. The van der Waals surface area contributed by atoms with Crippen LogP contribution in [0.1, 0.15) is 10.4 Å². The second kappa shape index (κ2) is 5.22. The molecule has 2 aromatic rings. The van der Waals surface area contributed by atoms with Crippen molar-refractivity contribution in [2.45, 2.75) is 0 Å². The number of carbonyl (C=O) groups is 1. The van der Waals surface area contributed by atoms with E-state index in [0.29, 0.717) is 16.2 Å². The second-order valence-electron chi connectivity index (χ2n) is 3.45. The van der Waals surface area contributed by atoms with E-state index < -0.39 is 17.5 Å². The Balaban J connectivity index is 2.21. The summed E-state index contributed by atoms with van der Waals surface area (Å²) in [7, 11) is 0. The fraction of sp³-hybridized carbons (Fsp3) is 0. The summed E-state index contributed by atoms with van der Waals surface area (Å²) in [4.78, 5) is 15.7. The van der Waals surface area contributed by atoms with Crippen LogP contribution < -0.4 is 5.32 Å². The normalized spacial score (nSPS) is 10.2. The number of rotatable bonds is 2. The zero-order valence-electron chi connectivity index (χ0n) is 8.95. The highest BCUT2D eigenvalue weighted by Gasteiger charge is 2.10. The highest BCUT2D eigenvalue weighted by molar-refractivity contribution is 9.10. The van der Waals surface area contributed by atoms with Gasteiger partial charge in [-0.05, 0) is 40.2 Å². The summed E-state index contributed by atoms with van der Waals surface area (Å²) in [6, 6.07) is 5.93. The average molecular weight is 313 g/mol. The summed E-state index contributed by atoms with van der Waals surface area (Å²) in [6.07, 6.45) is 1.44. The molecule has 2 rings (SSSR count). The van der Waals surface area contributed by atoms with Crippen molar-refractivity contribution in [1.29, 1.82) is 0 Å². The molecule has 1 aromatic heterocycles. The van der Waals surface area contributed by atoms with Crippen molar-refractivity contribution in [3.63, 3.8) is 0 Å². The molecule has 1 amide bonds. The molecule has 18 heavy (non-hydrogen) atoms. The number of hydrogen-bond acceptors (Lipinski definition) is 2. The number of nitrogens with zero attached hydrogens (tertiary/aromatic N) is 1. The fourth-order valence-electron chi connectivity index (χ4n) is 1.33. The minimum absolute atomic E-state index is 0.0747. The highest BCUT2D eigenvalue weighted by Crippen LogP contribution is 2.16. The van der Waals surface area contributed by atoms with Gasteiger partial charge in [-0.1, -0.05) is 0 Å². The van der Waals surface area contributed by atoms with Gasteiger partial charge in [0.15, 0.2) is 0 Å². The molecular weight excluding hydrogens is 306 g/mol. The number of carbonyl (C=O) groups excluding carboxylic acids is 1. The predicted octanol–water partition coefficient (Wildman–Crippen LogP) is 3.37. The monoisotopic (exact) mass is 312 g/mol. The summed E-state index contributed by atoms with van der Waals surface area (Å²) >= 11 is 3.13. The molecule has 0 unspecified atom stereocenters. The van der Waals surface area contributed by atoms with Gasteiger partial charge in [0.1, 0.15) is 16.2 Å². The van der Waals surface area contributed by atoms with Crippen LogP contribution in [0.15, 0.2) is 41.1 Å². The zero-order valence-corrected chi connectivity index (χ0v) is 10.5. The van der Waals surface area contributed by atoms with Crippen LogP contribution in [0.2, 0.25) is 0 Å². The maximum absolute atomic E-state index is 13.3. The molecule has 0 aliphatic heterocycles. The lowest BCUT2D eigenvalue weighted by Crippen LogP contribution is -2.13. The van der Waals surface area contributed by atoms with E-state index in [9.17, 15) is 13.6 Å². The number of pyridine rings is 1. The molecule has 1 aromatic carbocycles. The smallest absolute Gasteiger partial charge is 0.255 e. The van der Waals surface area contributed by atoms with E-state index in [4.69, 9.17) is 0 Å². The van der Waals surface area contributed by atoms with Gasteiger partial charge in [0.2, 0.25) is 0 Å². The molecule has 0 atom stereocenters. The Bertz CT molecular complexity index is 604. The number of amides is 1. The van der Waals surface area contributed by atoms with Crippen LogP contribution in [0.3, 0.4) is 0 Å². The Morgan fingerprint density at radius 1 is 1.22 bits per heavy atom. The van der Waals surface area contributed by atoms with Crippen molar-refractivity contribution in [3.05, 3.63) is 58.3 Å². The molecule has 1 N–H and O–H groups in total. The first-order chi connectivity index (χ1) is 8.56. The van der Waals surface area contributed by atoms with Gasteiger partial charge in [-0.15, -0.1) is 0 Å². The number of benzene rings is 1. The lowest BCUT2D eigenvalue weighted by atomic mass is 10.2. The van der Waals surface area contributed by atoms with E-state index >= 15 is 0 Å². The van der Waals surface area contributed by atoms with E-state index in [1.165, 1.54) is 24.4 Å². The van der Waals surface area contributed by atoms with Crippen molar-refractivity contribution < 1.29 is 13.6 Å². The third-order valence-electron chi connectivity index (χ3n) is 2.17. The van der Waals surface area contributed by atoms with Gasteiger partial charge in [0, 0.05) is 17.8 Å². The van der Waals surface area contributed by atoms with Gasteiger partial charge in [0.25, 0.3) is 5.91 Å². The van der Waals surface area contributed by atoms with Crippen LogP contribution >= 0.6 is 15.9 Å². The minimum Gasteiger partial charge on any atom is -0.319 e. The van der Waals surface area contributed by atoms with Crippen molar-refractivity contribution in [3.8, 4) is 0 Å². The summed E-state index contributed by atoms with van der Waals surface area (Å²) in [5, 5.41) is 2.35. The molecule has 0 saturated heterocycles. The molecule has 0 aliphatic carbocycles. The molecule has 0 fully saturated rings. The molecule has 0 bridgehead atoms. The van der Waals surface area contributed by atoms with E-state index in [1.807, 2.05) is 0 Å². The van der Waals surface area contributed by atoms with Gasteiger partial charge in [0.05, 0.1) is 5.69 Å². The van der Waals surface area contributed by atoms with Gasteiger partial charge in [-0.3, -0.25) is 4.79 Å². The lowest BCUT2D eigenvalue weighted by Gasteiger charge is -2.06. The third-order valence-corrected chi connectivity index (χ3v) is 2.60. The van der Waals surface area contributed by atoms with E-state index in [2.05, 4.69) is 26.2 Å². The van der Waals surface area contributed by atoms with Crippen molar-refractivity contribution in [2.24, 2.45) is 0 Å². The van der Waals surface area contributed by atoms with Crippen LogP contribution in [0, 0.1) is 11.6 Å². The summed E-state index contributed by atoms with van der Waals surface area (Å²) in [5.41, 5.74) is 0.245. The lowest BCUT2D eigenvalue weighted by molar-refractivity contribution is 0.102. The van der Waals surface area contributed by atoms with Crippen LogP contribution in [0.25, 0.3) is 0 Å². The van der Waals surface area contributed by atoms with E-state index in [1.54, 1.807) is 0 Å². The number of hydrogen-bond donors (Lipinski definition) is 1. The number of aromatic nitrogens is 1. The highest BCUT2D eigenvalue weighted by atomic mass is 79.9. The first-order valence-corrected chi connectivity index (χ1v) is 5.73. The maximum Gasteiger partial charge on any atom is 0.255 e. The van der Waals surface area contributed by atoms with E-state index in [-0.39, 0.29) is 5.69 Å². The predicted molar refractivity (Wildman–Crippen MR) is 66.2 cm³/mol. The first-order valence-electron chi connectivity index (χ1n) is 4.94. The van der Waals surface area contributed by atoms with Gasteiger partial charge in [-0.2, -0.15) is 0 Å². The Labute approximate surface area is 110 Å². The maximum atomic E-state index is 13.3. The van der Waals surface area contributed by atoms with Crippen LogP contribution in [-0.2, 0) is 0 Å². The summed E-state index contributed by atoms with van der Waals surface area (Å²) < 4.78 is 26.5. The minimum atomic E-state index is -0.823. The molecule has 3 nitrogen and oxygen atoms in total. The van der Waals surface area contributed by atoms with E-state index in [0.717, 1.165) is 6.07 Å². The van der Waals surface area contributed by atoms with Gasteiger partial charge >= 0.3 is 0 Å². The van der Waals surface area contributed by atoms with Crippen LogP contribution in [-0.4, -0.2) is 10.9 Å². The van der Waals surface area contributed by atoms with Crippen molar-refractivity contribution >= 4 is 27.5 Å². The molecule has 0 radical (unpaired) electrons. The standard InChI is InChI=1S/C12H7BrF2N2O/c13-11-5-7(3-4-16-11)12(18)17-10-2-1-8(14)6-9(10)15/h1-6H,(H,17,18). The van der Waals surface area contributed by atoms with Crippen molar-refractivity contribution in [2.75, 3.05) is 5.32 Å². The molecular formula is C12H7BrF2N2O. The van der Waals surface area contributed by atoms with Crippen LogP contribution in [0.5, 0.6) is 0 Å². The summed E-state index contributed by atoms with van der Waals surface area (Å²) in [6.45, 7) is 0.